The Morgan fingerprint density at radius 1 is 1.10 bits per heavy atom. The first kappa shape index (κ1) is 26.7. The summed E-state index contributed by atoms with van der Waals surface area (Å²) in [6, 6.07) is 14.9. The molecule has 1 saturated heterocycles. The molecule has 0 radical (unpaired) electrons. The van der Waals surface area contributed by atoms with Crippen molar-refractivity contribution in [2.75, 3.05) is 26.2 Å². The number of nitrogens with two attached hydrogens (primary N) is 1. The molecule has 0 spiro atoms. The molecule has 0 saturated carbocycles. The Balaban J connectivity index is 1.34. The lowest BCUT2D eigenvalue weighted by Crippen LogP contribution is -2.42. The molecule has 0 bridgehead atoms. The third-order valence-electron chi connectivity index (χ3n) is 6.56. The van der Waals surface area contributed by atoms with Crippen LogP contribution in [0.1, 0.15) is 23.2 Å². The first-order chi connectivity index (χ1) is 18.8. The van der Waals surface area contributed by atoms with E-state index >= 15 is 0 Å². The molecular formula is C26H29N7O5S. The van der Waals surface area contributed by atoms with E-state index in [9.17, 15) is 18.0 Å². The molecule has 4 aromatic rings. The van der Waals surface area contributed by atoms with Gasteiger partial charge in [-0.3, -0.25) is 9.36 Å². The summed E-state index contributed by atoms with van der Waals surface area (Å²) in [7, 11) is -3.62. The maximum atomic E-state index is 12.8. The van der Waals surface area contributed by atoms with E-state index in [-0.39, 0.29) is 30.0 Å². The van der Waals surface area contributed by atoms with Crippen LogP contribution in [-0.4, -0.2) is 61.1 Å². The highest BCUT2D eigenvalue weighted by molar-refractivity contribution is 7.89. The molecule has 12 nitrogen and oxygen atoms in total. The number of sulfonamides is 1. The van der Waals surface area contributed by atoms with E-state index in [4.69, 9.17) is 5.90 Å². The minimum absolute atomic E-state index is 0.0755. The van der Waals surface area contributed by atoms with Gasteiger partial charge >= 0.3 is 5.69 Å². The second kappa shape index (κ2) is 11.5. The van der Waals surface area contributed by atoms with Crippen LogP contribution in [0.2, 0.25) is 0 Å². The summed E-state index contributed by atoms with van der Waals surface area (Å²) in [6.45, 7) is 2.06. The van der Waals surface area contributed by atoms with Crippen molar-refractivity contribution in [3.8, 4) is 16.9 Å². The standard InChI is InChI=1S/C26H29N7O5S/c27-38-14-13-29-25(34)18-1-5-21(6-2-18)33-16-19-15-23(30-24(19)31-26(33)35)17-3-7-22(8-4-17)39(36,37)32-20-9-11-28-12-10-20/h1-8,15-16,20,28,32H,9-14,27H2,(H,29,34)(H,30,31,35). The highest BCUT2D eigenvalue weighted by Crippen LogP contribution is 2.25. The van der Waals surface area contributed by atoms with Gasteiger partial charge in [-0.2, -0.15) is 4.98 Å². The predicted octanol–water partition coefficient (Wildman–Crippen LogP) is 1.03. The van der Waals surface area contributed by atoms with Crippen LogP contribution in [0.15, 0.2) is 70.5 Å². The van der Waals surface area contributed by atoms with Crippen LogP contribution < -0.4 is 26.9 Å². The van der Waals surface area contributed by atoms with Gasteiger partial charge in [-0.1, -0.05) is 12.1 Å². The van der Waals surface area contributed by atoms with E-state index in [1.807, 2.05) is 6.07 Å². The van der Waals surface area contributed by atoms with Crippen LogP contribution in [0, 0.1) is 0 Å². The summed E-state index contributed by atoms with van der Waals surface area (Å²) in [6.07, 6.45) is 3.18. The fourth-order valence-electron chi connectivity index (χ4n) is 4.47. The number of fused-ring (bicyclic) bond motifs is 1. The van der Waals surface area contributed by atoms with Gasteiger partial charge < -0.3 is 20.5 Å². The maximum absolute atomic E-state index is 12.8. The Morgan fingerprint density at radius 3 is 2.51 bits per heavy atom. The molecule has 1 aliphatic rings. The van der Waals surface area contributed by atoms with Crippen molar-refractivity contribution in [1.82, 2.24) is 29.9 Å². The number of carbonyl (C=O) groups excluding carboxylic acids is 1. The summed E-state index contributed by atoms with van der Waals surface area (Å²) < 4.78 is 29.8. The second-order valence-electron chi connectivity index (χ2n) is 9.22. The van der Waals surface area contributed by atoms with Crippen LogP contribution in [-0.2, 0) is 14.9 Å². The van der Waals surface area contributed by atoms with Crippen LogP contribution in [0.4, 0.5) is 0 Å². The molecule has 6 N–H and O–H groups in total. The fourth-order valence-corrected chi connectivity index (χ4v) is 5.78. The minimum Gasteiger partial charge on any atom is -0.350 e. The van der Waals surface area contributed by atoms with Crippen LogP contribution in [0.25, 0.3) is 28.0 Å². The number of nitrogens with one attached hydrogen (secondary N) is 4. The number of aromatic amines is 1. The first-order valence-electron chi connectivity index (χ1n) is 12.5. The lowest BCUT2D eigenvalue weighted by atomic mass is 10.1. The number of benzene rings is 2. The fraction of sp³-hybridized carbons (Fsp3) is 0.269. The van der Waals surface area contributed by atoms with Crippen molar-refractivity contribution in [2.45, 2.75) is 23.8 Å². The number of carbonyl (C=O) groups is 1. The summed E-state index contributed by atoms with van der Waals surface area (Å²) in [4.78, 5) is 36.9. The quantitative estimate of drug-likeness (QED) is 0.151. The number of nitrogens with zero attached hydrogens (tertiary/aromatic N) is 2. The molecule has 1 amide bonds. The molecule has 0 aliphatic carbocycles. The molecule has 13 heteroatoms. The Labute approximate surface area is 224 Å². The monoisotopic (exact) mass is 551 g/mol. The summed E-state index contributed by atoms with van der Waals surface area (Å²) >= 11 is 0. The topological polar surface area (TPSA) is 173 Å². The number of hydrogen-bond acceptors (Lipinski definition) is 8. The largest absolute Gasteiger partial charge is 0.354 e. The number of aromatic nitrogens is 3. The predicted molar refractivity (Wildman–Crippen MR) is 146 cm³/mol. The summed E-state index contributed by atoms with van der Waals surface area (Å²) in [5.74, 6) is 4.68. The molecule has 39 heavy (non-hydrogen) atoms. The zero-order valence-corrected chi connectivity index (χ0v) is 21.8. The van der Waals surface area contributed by atoms with Gasteiger partial charge in [0.25, 0.3) is 5.91 Å². The lowest BCUT2D eigenvalue weighted by molar-refractivity contribution is 0.0917. The van der Waals surface area contributed by atoms with Crippen LogP contribution >= 0.6 is 0 Å². The third-order valence-corrected chi connectivity index (χ3v) is 8.09. The zero-order valence-electron chi connectivity index (χ0n) is 21.0. The third kappa shape index (κ3) is 6.08. The zero-order chi connectivity index (χ0) is 27.4. The molecule has 3 heterocycles. The molecular weight excluding hydrogens is 522 g/mol. The molecule has 2 aromatic carbocycles. The normalized spacial score (nSPS) is 14.5. The van der Waals surface area contributed by atoms with E-state index in [0.29, 0.717) is 28.0 Å². The van der Waals surface area contributed by atoms with E-state index in [1.54, 1.807) is 54.7 Å². The number of amides is 1. The lowest BCUT2D eigenvalue weighted by Gasteiger charge is -2.23. The molecule has 1 fully saturated rings. The summed E-state index contributed by atoms with van der Waals surface area (Å²) in [5.41, 5.74) is 2.35. The van der Waals surface area contributed by atoms with Crippen molar-refractivity contribution >= 4 is 27.0 Å². The van der Waals surface area contributed by atoms with E-state index in [2.05, 4.69) is 30.2 Å². The molecule has 0 unspecified atom stereocenters. The molecule has 5 rings (SSSR count). The molecule has 0 atom stereocenters. The van der Waals surface area contributed by atoms with Gasteiger partial charge in [0.15, 0.2) is 0 Å². The Bertz CT molecular complexity index is 1620. The number of hydrogen-bond donors (Lipinski definition) is 5. The smallest absolute Gasteiger partial charge is 0.350 e. The highest BCUT2D eigenvalue weighted by Gasteiger charge is 2.22. The van der Waals surface area contributed by atoms with Crippen molar-refractivity contribution in [1.29, 1.82) is 0 Å². The average molecular weight is 552 g/mol. The maximum Gasteiger partial charge on any atom is 0.354 e. The molecule has 204 valence electrons. The van der Waals surface area contributed by atoms with Gasteiger partial charge in [-0.25, -0.2) is 23.8 Å². The Hall–Kier alpha value is -3.88. The minimum atomic E-state index is -3.62. The van der Waals surface area contributed by atoms with Gasteiger partial charge in [0.2, 0.25) is 10.0 Å². The SMILES string of the molecule is NOCCNC(=O)c1ccc(-n2cc3cc(-c4ccc(S(=O)(=O)NC5CCNCC5)cc4)[nH]c3nc2=O)cc1. The van der Waals surface area contributed by atoms with Gasteiger partial charge in [0.05, 0.1) is 17.2 Å². The van der Waals surface area contributed by atoms with Gasteiger partial charge in [-0.15, -0.1) is 0 Å². The molecule has 2 aromatic heterocycles. The number of H-pyrrole nitrogens is 1. The van der Waals surface area contributed by atoms with Crippen LogP contribution in [0.5, 0.6) is 0 Å². The van der Waals surface area contributed by atoms with Gasteiger partial charge in [0, 0.05) is 35.4 Å². The van der Waals surface area contributed by atoms with E-state index < -0.39 is 15.7 Å². The van der Waals surface area contributed by atoms with E-state index in [1.165, 1.54) is 4.57 Å². The number of piperidine rings is 1. The van der Waals surface area contributed by atoms with Crippen molar-refractivity contribution in [3.63, 3.8) is 0 Å². The van der Waals surface area contributed by atoms with Gasteiger partial charge in [0.1, 0.15) is 5.65 Å². The Kier molecular flexibility index (Phi) is 7.86. The number of rotatable bonds is 9. The first-order valence-corrected chi connectivity index (χ1v) is 14.0. The average Bonchev–Trinajstić information content (AvgIpc) is 3.36. The van der Waals surface area contributed by atoms with Crippen molar-refractivity contribution in [2.24, 2.45) is 5.90 Å². The van der Waals surface area contributed by atoms with E-state index in [0.717, 1.165) is 31.5 Å². The van der Waals surface area contributed by atoms with Crippen LogP contribution in [0.3, 0.4) is 0 Å². The Morgan fingerprint density at radius 2 is 1.82 bits per heavy atom. The molecule has 1 aliphatic heterocycles. The summed E-state index contributed by atoms with van der Waals surface area (Å²) in [5, 5.41) is 6.59. The second-order valence-corrected chi connectivity index (χ2v) is 10.9. The highest BCUT2D eigenvalue weighted by atomic mass is 32.2. The van der Waals surface area contributed by atoms with Crippen molar-refractivity contribution in [3.05, 3.63) is 76.8 Å². The van der Waals surface area contributed by atoms with Gasteiger partial charge in [-0.05, 0) is 74.0 Å². The van der Waals surface area contributed by atoms with Crippen molar-refractivity contribution < 1.29 is 18.0 Å².